The van der Waals surface area contributed by atoms with Crippen LogP contribution in [0.4, 0.5) is 18.0 Å². The molecule has 9 heteroatoms. The van der Waals surface area contributed by atoms with E-state index in [1.54, 1.807) is 23.1 Å². The Morgan fingerprint density at radius 1 is 1.08 bits per heavy atom. The number of piperidine rings is 1. The fourth-order valence-corrected chi connectivity index (χ4v) is 5.10. The second-order valence-corrected chi connectivity index (χ2v) is 11.3. The first-order valence-corrected chi connectivity index (χ1v) is 13.1. The summed E-state index contributed by atoms with van der Waals surface area (Å²) in [6, 6.07) is 11.1. The summed E-state index contributed by atoms with van der Waals surface area (Å²) in [4.78, 5) is 16.4. The second-order valence-electron chi connectivity index (χ2n) is 11.3. The number of ether oxygens (including phenoxy) is 1. The van der Waals surface area contributed by atoms with E-state index in [4.69, 9.17) is 9.84 Å². The number of hydrogen-bond acceptors (Lipinski definition) is 4. The number of halogens is 3. The van der Waals surface area contributed by atoms with E-state index in [1.807, 2.05) is 45.6 Å². The lowest BCUT2D eigenvalue weighted by Gasteiger charge is -2.33. The molecule has 0 atom stereocenters. The van der Waals surface area contributed by atoms with Crippen molar-refractivity contribution >= 4 is 17.0 Å². The minimum atomic E-state index is -4.44. The van der Waals surface area contributed by atoms with Gasteiger partial charge in [-0.25, -0.2) is 4.79 Å². The van der Waals surface area contributed by atoms with Crippen molar-refractivity contribution in [1.82, 2.24) is 19.6 Å². The van der Waals surface area contributed by atoms with Gasteiger partial charge < -0.3 is 14.5 Å². The van der Waals surface area contributed by atoms with Crippen LogP contribution in [0.2, 0.25) is 0 Å². The summed E-state index contributed by atoms with van der Waals surface area (Å²) in [5.41, 5.74) is 1.23. The Morgan fingerprint density at radius 2 is 1.76 bits per heavy atom. The molecule has 0 radical (unpaired) electrons. The van der Waals surface area contributed by atoms with Gasteiger partial charge in [0, 0.05) is 36.6 Å². The first-order valence-electron chi connectivity index (χ1n) is 13.1. The molecular formula is C29H37F3N4O2. The number of aromatic nitrogens is 2. The predicted octanol–water partition coefficient (Wildman–Crippen LogP) is 6.79. The normalized spacial score (nSPS) is 15.4. The van der Waals surface area contributed by atoms with E-state index in [2.05, 4.69) is 4.90 Å². The number of carbonyl (C=O) groups is 1. The molecule has 0 N–H and O–H groups in total. The van der Waals surface area contributed by atoms with Gasteiger partial charge in [0.2, 0.25) is 0 Å². The number of hydrogen-bond donors (Lipinski definition) is 0. The molecule has 1 amide bonds. The summed E-state index contributed by atoms with van der Waals surface area (Å²) in [5.74, 6) is 0.186. The highest BCUT2D eigenvalue weighted by Gasteiger charge is 2.34. The lowest BCUT2D eigenvalue weighted by molar-refractivity contribution is -0.137. The lowest BCUT2D eigenvalue weighted by Crippen LogP contribution is -2.41. The van der Waals surface area contributed by atoms with Crippen molar-refractivity contribution in [3.63, 3.8) is 0 Å². The maximum atomic E-state index is 13.7. The summed E-state index contributed by atoms with van der Waals surface area (Å²) in [6.45, 7) is 8.36. The number of fused-ring (bicyclic) bond motifs is 1. The lowest BCUT2D eigenvalue weighted by atomic mass is 9.90. The van der Waals surface area contributed by atoms with Crippen LogP contribution < -0.4 is 0 Å². The van der Waals surface area contributed by atoms with E-state index in [0.29, 0.717) is 30.7 Å². The molecule has 38 heavy (non-hydrogen) atoms. The first kappa shape index (κ1) is 28.0. The zero-order chi connectivity index (χ0) is 27.7. The molecule has 206 valence electrons. The van der Waals surface area contributed by atoms with Crippen molar-refractivity contribution in [3.05, 3.63) is 53.7 Å². The molecule has 1 saturated heterocycles. The Hall–Kier alpha value is -3.07. The van der Waals surface area contributed by atoms with Crippen LogP contribution in [0.3, 0.4) is 0 Å². The van der Waals surface area contributed by atoms with E-state index in [-0.39, 0.29) is 17.6 Å². The van der Waals surface area contributed by atoms with Gasteiger partial charge in [-0.3, -0.25) is 4.68 Å². The molecule has 2 aromatic carbocycles. The number of likely N-dealkylation sites (tertiary alicyclic amines) is 1. The number of amides is 1. The average Bonchev–Trinajstić information content (AvgIpc) is 3.19. The molecule has 0 aliphatic carbocycles. The van der Waals surface area contributed by atoms with Crippen molar-refractivity contribution in [2.75, 3.05) is 33.7 Å². The van der Waals surface area contributed by atoms with Gasteiger partial charge in [0.15, 0.2) is 0 Å². The number of benzene rings is 2. The molecule has 0 unspecified atom stereocenters. The van der Waals surface area contributed by atoms with Gasteiger partial charge in [-0.15, -0.1) is 0 Å². The third-order valence-electron chi connectivity index (χ3n) is 6.83. The Morgan fingerprint density at radius 3 is 2.39 bits per heavy atom. The van der Waals surface area contributed by atoms with Crippen molar-refractivity contribution in [2.45, 2.75) is 64.3 Å². The standard InChI is InChI=1S/C29H37F3N4O2/c1-28(2,3)38-27(37)35-17-13-20(14-18-35)26-23-12-11-21(22-9-6-7-10-24(22)29(30,31)32)19-25(23)33-36(26)16-8-15-34(4)5/h6-7,9-12,19-20H,8,13-18H2,1-5H3. The molecule has 4 rings (SSSR count). The van der Waals surface area contributed by atoms with Gasteiger partial charge in [0.05, 0.1) is 11.1 Å². The third kappa shape index (κ3) is 6.49. The topological polar surface area (TPSA) is 50.6 Å². The summed E-state index contributed by atoms with van der Waals surface area (Å²) < 4.78 is 48.6. The van der Waals surface area contributed by atoms with Gasteiger partial charge in [0.25, 0.3) is 0 Å². The first-order chi connectivity index (χ1) is 17.8. The molecule has 1 aliphatic rings. The van der Waals surface area contributed by atoms with Crippen LogP contribution in [0.5, 0.6) is 0 Å². The van der Waals surface area contributed by atoms with E-state index >= 15 is 0 Å². The van der Waals surface area contributed by atoms with Gasteiger partial charge in [0.1, 0.15) is 5.60 Å². The van der Waals surface area contributed by atoms with Crippen LogP contribution in [-0.4, -0.2) is 65.0 Å². The number of nitrogens with zero attached hydrogens (tertiary/aromatic N) is 4. The molecule has 0 bridgehead atoms. The molecule has 6 nitrogen and oxygen atoms in total. The molecule has 1 aromatic heterocycles. The van der Waals surface area contributed by atoms with E-state index in [0.717, 1.165) is 43.0 Å². The minimum Gasteiger partial charge on any atom is -0.444 e. The highest BCUT2D eigenvalue weighted by atomic mass is 19.4. The van der Waals surface area contributed by atoms with Crippen LogP contribution in [-0.2, 0) is 17.5 Å². The number of rotatable bonds is 6. The molecule has 3 aromatic rings. The number of aryl methyl sites for hydroxylation is 1. The van der Waals surface area contributed by atoms with E-state index in [9.17, 15) is 18.0 Å². The van der Waals surface area contributed by atoms with Gasteiger partial charge >= 0.3 is 12.3 Å². The highest BCUT2D eigenvalue weighted by molar-refractivity contribution is 5.87. The second kappa shape index (κ2) is 11.0. The van der Waals surface area contributed by atoms with Crippen molar-refractivity contribution < 1.29 is 22.7 Å². The van der Waals surface area contributed by atoms with Gasteiger partial charge in [-0.1, -0.05) is 30.3 Å². The average molecular weight is 531 g/mol. The number of carbonyl (C=O) groups excluding carboxylic acids is 1. The zero-order valence-corrected chi connectivity index (χ0v) is 22.8. The van der Waals surface area contributed by atoms with Crippen LogP contribution >= 0.6 is 0 Å². The molecule has 1 fully saturated rings. The zero-order valence-electron chi connectivity index (χ0n) is 22.8. The van der Waals surface area contributed by atoms with Crippen LogP contribution in [0.1, 0.15) is 57.2 Å². The minimum absolute atomic E-state index is 0.149. The SMILES string of the molecule is CN(C)CCCn1nc2cc(-c3ccccc3C(F)(F)F)ccc2c1C1CCN(C(=O)OC(C)(C)C)CC1. The Labute approximate surface area is 222 Å². The predicted molar refractivity (Wildman–Crippen MR) is 143 cm³/mol. The Bertz CT molecular complexity index is 1270. The highest BCUT2D eigenvalue weighted by Crippen LogP contribution is 2.39. The third-order valence-corrected chi connectivity index (χ3v) is 6.83. The maximum Gasteiger partial charge on any atom is 0.417 e. The largest absolute Gasteiger partial charge is 0.444 e. The molecular weight excluding hydrogens is 493 g/mol. The monoisotopic (exact) mass is 530 g/mol. The van der Waals surface area contributed by atoms with Crippen molar-refractivity contribution in [3.8, 4) is 11.1 Å². The summed E-state index contributed by atoms with van der Waals surface area (Å²) in [6.07, 6.45) is -2.30. The quantitative estimate of drug-likeness (QED) is 0.352. The molecule has 0 spiro atoms. The molecule has 2 heterocycles. The fourth-order valence-electron chi connectivity index (χ4n) is 5.10. The van der Waals surface area contributed by atoms with Crippen LogP contribution in [0, 0.1) is 0 Å². The van der Waals surface area contributed by atoms with E-state index < -0.39 is 17.3 Å². The number of alkyl halides is 3. The van der Waals surface area contributed by atoms with Crippen molar-refractivity contribution in [1.29, 1.82) is 0 Å². The van der Waals surface area contributed by atoms with E-state index in [1.165, 1.54) is 12.1 Å². The smallest absolute Gasteiger partial charge is 0.417 e. The van der Waals surface area contributed by atoms with Gasteiger partial charge in [-0.2, -0.15) is 18.3 Å². The summed E-state index contributed by atoms with van der Waals surface area (Å²) in [5, 5.41) is 5.83. The maximum absolute atomic E-state index is 13.7. The molecule has 1 aliphatic heterocycles. The van der Waals surface area contributed by atoms with Crippen LogP contribution in [0.15, 0.2) is 42.5 Å². The van der Waals surface area contributed by atoms with Gasteiger partial charge in [-0.05, 0) is 83.9 Å². The van der Waals surface area contributed by atoms with Crippen molar-refractivity contribution in [2.24, 2.45) is 0 Å². The Balaban J connectivity index is 1.65. The fraction of sp³-hybridized carbons (Fsp3) is 0.517. The summed E-state index contributed by atoms with van der Waals surface area (Å²) >= 11 is 0. The molecule has 0 saturated carbocycles. The summed E-state index contributed by atoms with van der Waals surface area (Å²) in [7, 11) is 4.05. The van der Waals surface area contributed by atoms with Crippen LogP contribution in [0.25, 0.3) is 22.0 Å². The Kier molecular flexibility index (Phi) is 8.06.